The highest BCUT2D eigenvalue weighted by atomic mass is 32.2. The molecule has 2 N–H and O–H groups in total. The molecule has 0 unspecified atom stereocenters. The van der Waals surface area contributed by atoms with Crippen LogP contribution in [0.1, 0.15) is 26.8 Å². The summed E-state index contributed by atoms with van der Waals surface area (Å²) in [7, 11) is 0. The van der Waals surface area contributed by atoms with Gasteiger partial charge in [-0.05, 0) is 30.5 Å². The average molecular weight is 292 g/mol. The Morgan fingerprint density at radius 3 is 2.90 bits per heavy atom. The topological polar surface area (TPSA) is 92.4 Å². The predicted molar refractivity (Wildman–Crippen MR) is 75.1 cm³/mol. The largest absolute Gasteiger partial charge is 0.476 e. The molecule has 2 rings (SSSR count). The van der Waals surface area contributed by atoms with Crippen molar-refractivity contribution in [2.45, 2.75) is 5.75 Å². The zero-order valence-electron chi connectivity index (χ0n) is 10.6. The number of aromatic nitrogens is 1. The van der Waals surface area contributed by atoms with Gasteiger partial charge >= 0.3 is 5.97 Å². The van der Waals surface area contributed by atoms with Gasteiger partial charge in [-0.2, -0.15) is 11.8 Å². The van der Waals surface area contributed by atoms with Crippen molar-refractivity contribution in [3.05, 3.63) is 47.7 Å². The molecular formula is C13H12N2O4S. The van der Waals surface area contributed by atoms with Crippen LogP contribution in [-0.4, -0.2) is 28.2 Å². The number of nitrogens with zero attached hydrogens (tertiary/aromatic N) is 1. The normalized spacial score (nSPS) is 10.2. The molecule has 0 fully saturated rings. The van der Waals surface area contributed by atoms with Crippen LogP contribution in [0.25, 0.3) is 0 Å². The van der Waals surface area contributed by atoms with Crippen LogP contribution in [0.15, 0.2) is 34.9 Å². The standard InChI is InChI=1S/C13H12N2O4S/c1-20-7-8-4-5-10(19-8)12(16)15-9-3-2-6-14-11(9)13(17)18/h2-6H,7H2,1H3,(H,15,16)(H,17,18). The third-order valence-electron chi connectivity index (χ3n) is 2.43. The number of anilines is 1. The highest BCUT2D eigenvalue weighted by Gasteiger charge is 2.16. The second-order valence-corrected chi connectivity index (χ2v) is 4.72. The van der Waals surface area contributed by atoms with Crippen molar-refractivity contribution in [2.24, 2.45) is 0 Å². The van der Waals surface area contributed by atoms with Crippen LogP contribution in [0.2, 0.25) is 0 Å². The number of carbonyl (C=O) groups excluding carboxylic acids is 1. The average Bonchev–Trinajstić information content (AvgIpc) is 2.88. The molecule has 0 aliphatic carbocycles. The lowest BCUT2D eigenvalue weighted by molar-refractivity contribution is 0.0691. The molecule has 2 aromatic heterocycles. The number of hydrogen-bond donors (Lipinski definition) is 2. The number of carboxylic acids is 1. The van der Waals surface area contributed by atoms with E-state index in [1.54, 1.807) is 30.0 Å². The second kappa shape index (κ2) is 6.25. The summed E-state index contributed by atoms with van der Waals surface area (Å²) >= 11 is 1.58. The van der Waals surface area contributed by atoms with E-state index in [0.717, 1.165) is 0 Å². The Balaban J connectivity index is 2.17. The Hall–Kier alpha value is -2.28. The Labute approximate surface area is 119 Å². The molecule has 0 aliphatic rings. The van der Waals surface area contributed by atoms with Gasteiger partial charge in [0.2, 0.25) is 0 Å². The highest BCUT2D eigenvalue weighted by Crippen LogP contribution is 2.17. The SMILES string of the molecule is CSCc1ccc(C(=O)Nc2cccnc2C(=O)O)o1. The van der Waals surface area contributed by atoms with Crippen LogP contribution < -0.4 is 5.32 Å². The second-order valence-electron chi connectivity index (χ2n) is 3.86. The third-order valence-corrected chi connectivity index (χ3v) is 3.00. The molecule has 6 nitrogen and oxygen atoms in total. The maximum absolute atomic E-state index is 12.0. The molecule has 0 bridgehead atoms. The van der Waals surface area contributed by atoms with E-state index < -0.39 is 11.9 Å². The first-order chi connectivity index (χ1) is 9.61. The van der Waals surface area contributed by atoms with Gasteiger partial charge in [0.15, 0.2) is 11.5 Å². The third kappa shape index (κ3) is 3.18. The fraction of sp³-hybridized carbons (Fsp3) is 0.154. The van der Waals surface area contributed by atoms with Crippen molar-refractivity contribution in [1.29, 1.82) is 0 Å². The van der Waals surface area contributed by atoms with Gasteiger partial charge < -0.3 is 14.8 Å². The maximum Gasteiger partial charge on any atom is 0.356 e. The molecule has 1 amide bonds. The molecule has 0 aromatic carbocycles. The summed E-state index contributed by atoms with van der Waals surface area (Å²) in [5.41, 5.74) is -0.0791. The Bertz CT molecular complexity index is 639. The summed E-state index contributed by atoms with van der Waals surface area (Å²) in [6, 6.07) is 6.29. The summed E-state index contributed by atoms with van der Waals surface area (Å²) in [4.78, 5) is 26.7. The quantitative estimate of drug-likeness (QED) is 0.879. The van der Waals surface area contributed by atoms with Crippen molar-refractivity contribution >= 4 is 29.3 Å². The van der Waals surface area contributed by atoms with Crippen LogP contribution >= 0.6 is 11.8 Å². The summed E-state index contributed by atoms with van der Waals surface area (Å²) < 4.78 is 5.36. The maximum atomic E-state index is 12.0. The van der Waals surface area contributed by atoms with Crippen LogP contribution in [-0.2, 0) is 5.75 Å². The number of pyridine rings is 1. The number of aromatic carboxylic acids is 1. The molecular weight excluding hydrogens is 280 g/mol. The number of carboxylic acid groups (broad SMARTS) is 1. The molecule has 104 valence electrons. The van der Waals surface area contributed by atoms with E-state index in [4.69, 9.17) is 9.52 Å². The van der Waals surface area contributed by atoms with Crippen LogP contribution in [0.5, 0.6) is 0 Å². The van der Waals surface area contributed by atoms with E-state index in [1.165, 1.54) is 12.3 Å². The molecule has 2 aromatic rings. The zero-order valence-corrected chi connectivity index (χ0v) is 11.4. The minimum atomic E-state index is -1.21. The van der Waals surface area contributed by atoms with E-state index in [0.29, 0.717) is 11.5 Å². The van der Waals surface area contributed by atoms with Crippen molar-refractivity contribution in [3.8, 4) is 0 Å². The molecule has 7 heteroatoms. The molecule has 0 saturated carbocycles. The van der Waals surface area contributed by atoms with Gasteiger partial charge in [0.05, 0.1) is 11.4 Å². The summed E-state index contributed by atoms with van der Waals surface area (Å²) in [5, 5.41) is 11.5. The molecule has 0 saturated heterocycles. The van der Waals surface area contributed by atoms with E-state index in [2.05, 4.69) is 10.3 Å². The first-order valence-corrected chi connectivity index (χ1v) is 7.08. The van der Waals surface area contributed by atoms with Crippen molar-refractivity contribution in [3.63, 3.8) is 0 Å². The van der Waals surface area contributed by atoms with Crippen molar-refractivity contribution < 1.29 is 19.1 Å². The van der Waals surface area contributed by atoms with Gasteiger partial charge in [0, 0.05) is 6.20 Å². The van der Waals surface area contributed by atoms with E-state index in [9.17, 15) is 9.59 Å². The molecule has 20 heavy (non-hydrogen) atoms. The lowest BCUT2D eigenvalue weighted by Gasteiger charge is -2.05. The number of amides is 1. The van der Waals surface area contributed by atoms with Gasteiger partial charge in [-0.15, -0.1) is 0 Å². The molecule has 0 radical (unpaired) electrons. The number of carbonyl (C=O) groups is 2. The number of thioether (sulfide) groups is 1. The van der Waals surface area contributed by atoms with Gasteiger partial charge in [0.1, 0.15) is 5.76 Å². The minimum Gasteiger partial charge on any atom is -0.476 e. The van der Waals surface area contributed by atoms with Gasteiger partial charge in [-0.1, -0.05) is 0 Å². The van der Waals surface area contributed by atoms with Gasteiger partial charge in [0.25, 0.3) is 5.91 Å². The number of hydrogen-bond acceptors (Lipinski definition) is 5. The predicted octanol–water partition coefficient (Wildman–Crippen LogP) is 2.49. The lowest BCUT2D eigenvalue weighted by Crippen LogP contribution is -2.15. The molecule has 0 aliphatic heterocycles. The number of furan rings is 1. The first kappa shape index (κ1) is 14.1. The van der Waals surface area contributed by atoms with E-state index in [-0.39, 0.29) is 17.1 Å². The highest BCUT2D eigenvalue weighted by molar-refractivity contribution is 7.97. The fourth-order valence-corrected chi connectivity index (χ4v) is 2.02. The Morgan fingerprint density at radius 1 is 1.40 bits per heavy atom. The van der Waals surface area contributed by atoms with Gasteiger partial charge in [-0.25, -0.2) is 9.78 Å². The van der Waals surface area contributed by atoms with Gasteiger partial charge in [-0.3, -0.25) is 4.79 Å². The van der Waals surface area contributed by atoms with Crippen LogP contribution in [0, 0.1) is 0 Å². The van der Waals surface area contributed by atoms with Crippen molar-refractivity contribution in [2.75, 3.05) is 11.6 Å². The molecule has 0 spiro atoms. The zero-order chi connectivity index (χ0) is 14.5. The smallest absolute Gasteiger partial charge is 0.356 e. The number of rotatable bonds is 5. The number of nitrogens with one attached hydrogen (secondary N) is 1. The molecule has 2 heterocycles. The lowest BCUT2D eigenvalue weighted by atomic mass is 10.3. The van der Waals surface area contributed by atoms with Crippen molar-refractivity contribution in [1.82, 2.24) is 4.98 Å². The summed E-state index contributed by atoms with van der Waals surface area (Å²) in [5.74, 6) is -0.224. The summed E-state index contributed by atoms with van der Waals surface area (Å²) in [6.45, 7) is 0. The van der Waals surface area contributed by atoms with E-state index in [1.807, 2.05) is 6.26 Å². The fourth-order valence-electron chi connectivity index (χ4n) is 1.58. The van der Waals surface area contributed by atoms with Crippen LogP contribution in [0.4, 0.5) is 5.69 Å². The Morgan fingerprint density at radius 2 is 2.20 bits per heavy atom. The van der Waals surface area contributed by atoms with E-state index >= 15 is 0 Å². The molecule has 0 atom stereocenters. The monoisotopic (exact) mass is 292 g/mol. The summed E-state index contributed by atoms with van der Waals surface area (Å²) in [6.07, 6.45) is 3.28. The minimum absolute atomic E-state index is 0.132. The Kier molecular flexibility index (Phi) is 4.41. The van der Waals surface area contributed by atoms with Crippen LogP contribution in [0.3, 0.4) is 0 Å². The first-order valence-electron chi connectivity index (χ1n) is 5.69.